The smallest absolute Gasteiger partial charge is 0.496 e. The number of nitrogens with zero attached hydrogens (tertiary/aromatic N) is 7. The molecular formula is C99H119B3Br3Cl6N9O19. The van der Waals surface area contributed by atoms with Crippen molar-refractivity contribution in [3.8, 4) is 74.0 Å². The van der Waals surface area contributed by atoms with Crippen LogP contribution in [-0.2, 0) is 43.9 Å². The Balaban J connectivity index is 0.000000147. The Hall–Kier alpha value is -7.90. The number of hydrogen-bond acceptors (Lipinski definition) is 24. The number of carboxylic acids is 1. The van der Waals surface area contributed by atoms with Gasteiger partial charge in [0.2, 0.25) is 0 Å². The van der Waals surface area contributed by atoms with Gasteiger partial charge in [-0.3, -0.25) is 0 Å². The van der Waals surface area contributed by atoms with Gasteiger partial charge in [0.05, 0.1) is 119 Å². The molecule has 3 saturated heterocycles. The van der Waals surface area contributed by atoms with Gasteiger partial charge in [0, 0.05) is 41.5 Å². The molecule has 139 heavy (non-hydrogen) atoms. The molecular weight excluding hydrogens is 2100 g/mol. The summed E-state index contributed by atoms with van der Waals surface area (Å²) in [5.41, 5.74) is 2.47. The van der Waals surface area contributed by atoms with Gasteiger partial charge in [-0.05, 0) is 368 Å². The zero-order valence-electron chi connectivity index (χ0n) is 80.6. The highest BCUT2D eigenvalue weighted by atomic mass is 79.9. The van der Waals surface area contributed by atoms with Crippen molar-refractivity contribution in [2.24, 2.45) is 35.5 Å². The van der Waals surface area contributed by atoms with E-state index in [1.807, 2.05) is 156 Å². The van der Waals surface area contributed by atoms with Gasteiger partial charge in [0.15, 0.2) is 17.1 Å². The van der Waals surface area contributed by atoms with E-state index in [-0.39, 0.29) is 75.3 Å². The fourth-order valence-corrected chi connectivity index (χ4v) is 15.6. The molecule has 19 rings (SSSR count). The molecule has 6 saturated carbocycles. The monoisotopic (exact) mass is 2220 g/mol. The first-order valence-corrected chi connectivity index (χ1v) is 51.5. The lowest BCUT2D eigenvalue weighted by molar-refractivity contribution is 0.00578. The lowest BCUT2D eigenvalue weighted by Gasteiger charge is -2.32. The number of esters is 2. The molecule has 40 heteroatoms. The average Bonchev–Trinajstić information content (AvgIpc) is 2.18. The summed E-state index contributed by atoms with van der Waals surface area (Å²) in [7, 11) is 0.218. The van der Waals surface area contributed by atoms with Gasteiger partial charge in [-0.2, -0.15) is 20.6 Å². The second-order valence-corrected chi connectivity index (χ2v) is 42.9. The molecule has 6 aliphatic carbocycles. The molecule has 0 radical (unpaired) electrons. The molecule has 10 aromatic rings. The summed E-state index contributed by atoms with van der Waals surface area (Å²) in [5, 5.41) is 50.9. The summed E-state index contributed by atoms with van der Waals surface area (Å²) in [6.07, 6.45) is 15.3. The number of aromatic amines is 2. The van der Waals surface area contributed by atoms with Crippen molar-refractivity contribution >= 4 is 162 Å². The number of alkyl halides is 1. The highest BCUT2D eigenvalue weighted by Gasteiger charge is 2.64. The van der Waals surface area contributed by atoms with Crippen molar-refractivity contribution in [3.05, 3.63) is 195 Å². The summed E-state index contributed by atoms with van der Waals surface area (Å²) < 4.78 is 83.3. The van der Waals surface area contributed by atoms with Crippen molar-refractivity contribution in [2.75, 3.05) is 58.7 Å². The number of halogens is 9. The van der Waals surface area contributed by atoms with Crippen LogP contribution >= 0.6 is 117 Å². The van der Waals surface area contributed by atoms with E-state index in [1.54, 1.807) is 80.2 Å². The number of carbonyl (C=O) groups excluding carboxylic acids is 2. The number of carbonyl (C=O) groups is 3. The molecule has 28 nitrogen and oxygen atoms in total. The zero-order chi connectivity index (χ0) is 100. The van der Waals surface area contributed by atoms with E-state index in [2.05, 4.69) is 88.9 Å². The van der Waals surface area contributed by atoms with Crippen LogP contribution in [0.15, 0.2) is 142 Å². The molecule has 3 aromatic heterocycles. The van der Waals surface area contributed by atoms with Crippen LogP contribution in [0.3, 0.4) is 0 Å². The topological polar surface area (TPSA) is 335 Å². The maximum Gasteiger partial charge on any atom is 0.496 e. The van der Waals surface area contributed by atoms with Gasteiger partial charge < -0.3 is 76.0 Å². The van der Waals surface area contributed by atoms with Crippen molar-refractivity contribution < 1.29 is 90.4 Å². The fourth-order valence-electron chi connectivity index (χ4n) is 13.2. The van der Waals surface area contributed by atoms with Crippen LogP contribution in [0, 0.1) is 35.5 Å². The lowest BCUT2D eigenvalue weighted by atomic mass is 9.49. The first-order chi connectivity index (χ1) is 66.0. The summed E-state index contributed by atoms with van der Waals surface area (Å²) >= 11 is 46.6. The molecule has 0 bridgehead atoms. The van der Waals surface area contributed by atoms with E-state index in [0.29, 0.717) is 119 Å². The summed E-state index contributed by atoms with van der Waals surface area (Å²) in [5.74, 6) is 6.97. The van der Waals surface area contributed by atoms with Crippen molar-refractivity contribution in [1.82, 2.24) is 45.8 Å². The molecule has 9 fully saturated rings. The summed E-state index contributed by atoms with van der Waals surface area (Å²) in [6.45, 7) is 32.4. The Morgan fingerprint density at radius 1 is 0.424 bits per heavy atom. The third kappa shape index (κ3) is 31.8. The normalized spacial score (nSPS) is 17.8. The molecule has 4 N–H and O–H groups in total. The second kappa shape index (κ2) is 49.1. The summed E-state index contributed by atoms with van der Waals surface area (Å²) in [4.78, 5) is 35.6. The largest absolute Gasteiger partial charge is 0.508 e. The van der Waals surface area contributed by atoms with E-state index in [1.165, 1.54) is 88.4 Å². The highest BCUT2D eigenvalue weighted by molar-refractivity contribution is 9.11. The molecule has 0 atom stereocenters. The van der Waals surface area contributed by atoms with Crippen molar-refractivity contribution in [1.29, 1.82) is 0 Å². The van der Waals surface area contributed by atoms with Crippen LogP contribution in [0.4, 0.5) is 0 Å². The van der Waals surface area contributed by atoms with Crippen LogP contribution in [0.25, 0.3) is 33.8 Å². The molecule has 7 aromatic carbocycles. The predicted octanol–water partition coefficient (Wildman–Crippen LogP) is 24.5. The van der Waals surface area contributed by atoms with Gasteiger partial charge in [0.25, 0.3) is 0 Å². The summed E-state index contributed by atoms with van der Waals surface area (Å²) in [6, 6.07) is 39.5. The molecule has 0 amide bonds. The minimum atomic E-state index is -1.16. The Morgan fingerprint density at radius 3 is 1.13 bits per heavy atom. The van der Waals surface area contributed by atoms with Crippen LogP contribution in [-0.4, -0.2) is 187 Å². The third-order valence-electron chi connectivity index (χ3n) is 24.9. The van der Waals surface area contributed by atoms with E-state index >= 15 is 0 Å². The number of phenols is 1. The molecule has 3 aliphatic heterocycles. The number of rotatable bonds is 29. The molecule has 746 valence electrons. The Kier molecular flexibility index (Phi) is 38.8. The number of aromatic carboxylic acids is 1. The standard InChI is InChI=1S/C23H24ClN3O4.C16H22BClO3.C15H16ClN3O3.C13H12ClN3O3.C12H24B2O4.C10H10BrClO.C6H4BrClO.C4H7Br/c1-3-30-23(28)21-22(19-12-18(10-11-20(19)24)31-14-16-4-5-16)27(26-25-21)13-15-6-8-17(29-2)9-7-15;1-15(2)16(3,4)21-17(20-15)13-9-12(7-8-14(13)18)19-10-11-5-6-11;1-2-21-15(20)14-13(17-19-18-14)11-7-10(5-6-12(11)16)22-8-9-3-4-9;14-10-4-3-8(20-6-7-1-2-7)5-9(10)11-12(13(18)19)16-17-15-11;1-9(2)10(3,4)16-13(15-9)14-17-11(5,6)12(7,8)18-14;11-9-5-8(3-4-10(9)12)13-6-7-1-2-7;7-5-3-4(9)1-2-6(5)8;5-3-4-1-2-4/h6-12,16H,3-5,13-14H2,1-2H3;7-9,11H,5-6,10H2,1-4H3;5-7,9H,2-4,8H2,1H3,(H,17,18,19);3-5,7H,1-2,6H2,(H,18,19)(H,15,16,17);1-8H3;3-5,7H,1-2,6H2;1-3,9H;4H,1-3H2. The minimum absolute atomic E-state index is 0.114. The lowest BCUT2D eigenvalue weighted by Crippen LogP contribution is -2.41. The third-order valence-corrected chi connectivity index (χ3v) is 29.6. The number of methoxy groups -OCH3 is 1. The number of aromatic nitrogens is 9. The van der Waals surface area contributed by atoms with Crippen LogP contribution in [0.1, 0.15) is 211 Å². The molecule has 0 spiro atoms. The number of phenolic OH excluding ortho intramolecular Hbond substituents is 1. The quantitative estimate of drug-likeness (QED) is 0.0192. The maximum atomic E-state index is 12.6. The van der Waals surface area contributed by atoms with Gasteiger partial charge in [0.1, 0.15) is 57.3 Å². The first kappa shape index (κ1) is 110. The molecule has 9 aliphatic rings. The number of H-pyrrole nitrogens is 2. The van der Waals surface area contributed by atoms with E-state index in [9.17, 15) is 14.4 Å². The van der Waals surface area contributed by atoms with Gasteiger partial charge >= 0.3 is 39.0 Å². The number of aromatic hydroxyl groups is 1. The van der Waals surface area contributed by atoms with Gasteiger partial charge in [-0.15, -0.1) is 15.3 Å². The number of nitrogens with one attached hydrogen (secondary N) is 2. The van der Waals surface area contributed by atoms with Crippen LogP contribution in [0.5, 0.6) is 40.2 Å². The molecule has 6 heterocycles. The van der Waals surface area contributed by atoms with Crippen LogP contribution in [0.2, 0.25) is 30.1 Å². The van der Waals surface area contributed by atoms with Gasteiger partial charge in [-0.25, -0.2) is 19.1 Å². The number of carboxylic acid groups (broad SMARTS) is 1. The highest BCUT2D eigenvalue weighted by Crippen LogP contribution is 2.46. The van der Waals surface area contributed by atoms with Crippen molar-refractivity contribution in [2.45, 2.75) is 214 Å². The van der Waals surface area contributed by atoms with Crippen molar-refractivity contribution in [3.63, 3.8) is 0 Å². The minimum Gasteiger partial charge on any atom is -0.508 e. The maximum absolute atomic E-state index is 12.6. The van der Waals surface area contributed by atoms with E-state index in [0.717, 1.165) is 68.7 Å². The Morgan fingerprint density at radius 2 is 0.763 bits per heavy atom. The predicted molar refractivity (Wildman–Crippen MR) is 552 cm³/mol. The van der Waals surface area contributed by atoms with Gasteiger partial charge in [-0.1, -0.05) is 103 Å². The Labute approximate surface area is 868 Å². The number of hydrogen-bond donors (Lipinski definition) is 4. The SMILES string of the molecule is BrCC1CC1.CC1(C)OB(B2OC(C)(C)C(C)(C)O2)OC1(C)C.CC1(C)OB(c2cc(OCC3CC3)ccc2Cl)OC1(C)C.CCOC(=O)c1n[nH]nc1-c1cc(OCC2CC2)ccc1Cl.CCOC(=O)c1nnn(Cc2ccc(OC)cc2)c1-c1cc(OCC2CC2)ccc1Cl.Clc1ccc(OCC2CC2)cc1Br.O=C(O)c1n[nH]nc1-c1cc(OCC2CC2)ccc1Cl.Oc1ccc(Cl)c(Br)c1. The van der Waals surface area contributed by atoms with E-state index < -0.39 is 39.0 Å². The fraction of sp³-hybridized carbons (Fsp3) is 0.485. The average molecular weight is 2220 g/mol. The second-order valence-electron chi connectivity index (χ2n) is 38.1. The zero-order valence-corrected chi connectivity index (χ0v) is 89.9. The first-order valence-electron chi connectivity index (χ1n) is 46.5. The van der Waals surface area contributed by atoms with Crippen LogP contribution < -0.4 is 33.9 Å². The van der Waals surface area contributed by atoms with E-state index in [4.69, 9.17) is 146 Å². The molecule has 0 unspecified atom stereocenters. The Bertz CT molecular complexity index is 5720. The number of benzene rings is 7. The number of ether oxygens (including phenoxy) is 8.